The van der Waals surface area contributed by atoms with Gasteiger partial charge in [0, 0.05) is 10.6 Å². The Morgan fingerprint density at radius 3 is 2.53 bits per heavy atom. The fourth-order valence-corrected chi connectivity index (χ4v) is 2.64. The highest BCUT2D eigenvalue weighted by Gasteiger charge is 2.20. The van der Waals surface area contributed by atoms with Crippen LogP contribution in [-0.2, 0) is 12.0 Å². The fraction of sp³-hybridized carbons (Fsp3) is 0.286. The van der Waals surface area contributed by atoms with Crippen LogP contribution in [0.15, 0.2) is 41.1 Å². The van der Waals surface area contributed by atoms with Crippen LogP contribution >= 0.6 is 22.9 Å². The van der Waals surface area contributed by atoms with Crippen LogP contribution in [0.4, 0.5) is 0 Å². The minimum absolute atomic E-state index is 0.299. The number of benzene rings is 1. The Bertz CT molecular complexity index is 459. The van der Waals surface area contributed by atoms with Crippen molar-refractivity contribution >= 4 is 22.9 Å². The average Bonchev–Trinajstić information content (AvgIpc) is 2.80. The van der Waals surface area contributed by atoms with E-state index in [1.807, 2.05) is 24.3 Å². The van der Waals surface area contributed by atoms with Gasteiger partial charge in [0.05, 0.1) is 0 Å². The first-order chi connectivity index (χ1) is 8.08. The average molecular weight is 266 g/mol. The molecule has 2 rings (SSSR count). The van der Waals surface area contributed by atoms with Gasteiger partial charge in [-0.1, -0.05) is 23.7 Å². The van der Waals surface area contributed by atoms with E-state index in [4.69, 9.17) is 17.3 Å². The van der Waals surface area contributed by atoms with Gasteiger partial charge in [0.1, 0.15) is 0 Å². The van der Waals surface area contributed by atoms with Crippen molar-refractivity contribution in [3.05, 3.63) is 57.2 Å². The second-order valence-corrected chi connectivity index (χ2v) is 5.77. The lowest BCUT2D eigenvalue weighted by Gasteiger charge is -2.25. The molecule has 2 aromatic rings. The molecule has 1 atom stereocenters. The van der Waals surface area contributed by atoms with Crippen LogP contribution in [0.5, 0.6) is 0 Å². The molecular weight excluding hydrogens is 250 g/mol. The Morgan fingerprint density at radius 2 is 1.94 bits per heavy atom. The summed E-state index contributed by atoms with van der Waals surface area (Å²) in [5.41, 5.74) is 8.56. The second-order valence-electron chi connectivity index (χ2n) is 4.56. The SMILES string of the molecule is CC(N)(CCc1ccsc1)c1ccc(Cl)cc1. The third-order valence-electron chi connectivity index (χ3n) is 3.02. The number of halogens is 1. The van der Waals surface area contributed by atoms with Crippen molar-refractivity contribution in [2.45, 2.75) is 25.3 Å². The summed E-state index contributed by atoms with van der Waals surface area (Å²) in [4.78, 5) is 0. The first kappa shape index (κ1) is 12.6. The van der Waals surface area contributed by atoms with Crippen LogP contribution in [0.1, 0.15) is 24.5 Å². The van der Waals surface area contributed by atoms with Gasteiger partial charge in [-0.2, -0.15) is 11.3 Å². The van der Waals surface area contributed by atoms with Crippen molar-refractivity contribution in [2.24, 2.45) is 5.73 Å². The molecular formula is C14H16ClNS. The Kier molecular flexibility index (Phi) is 3.87. The smallest absolute Gasteiger partial charge is 0.0406 e. The van der Waals surface area contributed by atoms with Gasteiger partial charge in [-0.3, -0.25) is 0 Å². The lowest BCUT2D eigenvalue weighted by atomic mass is 9.87. The summed E-state index contributed by atoms with van der Waals surface area (Å²) in [6, 6.07) is 9.97. The Morgan fingerprint density at radius 1 is 1.24 bits per heavy atom. The number of aryl methyl sites for hydroxylation is 1. The number of nitrogens with two attached hydrogens (primary N) is 1. The van der Waals surface area contributed by atoms with Crippen LogP contribution < -0.4 is 5.73 Å². The minimum atomic E-state index is -0.299. The van der Waals surface area contributed by atoms with Gasteiger partial charge in [-0.25, -0.2) is 0 Å². The molecule has 0 saturated carbocycles. The zero-order valence-corrected chi connectivity index (χ0v) is 11.4. The van der Waals surface area contributed by atoms with Gasteiger partial charge in [-0.05, 0) is 59.9 Å². The zero-order valence-electron chi connectivity index (χ0n) is 9.82. The topological polar surface area (TPSA) is 26.0 Å². The van der Waals surface area contributed by atoms with Crippen molar-refractivity contribution in [3.63, 3.8) is 0 Å². The van der Waals surface area contributed by atoms with E-state index < -0.39 is 0 Å². The first-order valence-corrected chi connectivity index (χ1v) is 6.96. The van der Waals surface area contributed by atoms with Gasteiger partial charge >= 0.3 is 0 Å². The molecule has 1 heterocycles. The van der Waals surface area contributed by atoms with Gasteiger partial charge < -0.3 is 5.73 Å². The van der Waals surface area contributed by atoms with E-state index >= 15 is 0 Å². The molecule has 3 heteroatoms. The zero-order chi connectivity index (χ0) is 12.3. The predicted molar refractivity (Wildman–Crippen MR) is 75.6 cm³/mol. The largest absolute Gasteiger partial charge is 0.322 e. The molecule has 1 unspecified atom stereocenters. The maximum Gasteiger partial charge on any atom is 0.0406 e. The normalized spacial score (nSPS) is 14.5. The van der Waals surface area contributed by atoms with E-state index in [1.54, 1.807) is 11.3 Å². The molecule has 0 aliphatic rings. The van der Waals surface area contributed by atoms with Gasteiger partial charge in [0.15, 0.2) is 0 Å². The van der Waals surface area contributed by atoms with E-state index in [1.165, 1.54) is 5.56 Å². The molecule has 0 amide bonds. The van der Waals surface area contributed by atoms with Gasteiger partial charge in [0.25, 0.3) is 0 Å². The van der Waals surface area contributed by atoms with Crippen LogP contribution in [0.2, 0.25) is 5.02 Å². The quantitative estimate of drug-likeness (QED) is 0.881. The van der Waals surface area contributed by atoms with E-state index in [9.17, 15) is 0 Å². The maximum absolute atomic E-state index is 6.37. The predicted octanol–water partition coefficient (Wildman–Crippen LogP) is 4.21. The molecule has 0 aliphatic carbocycles. The van der Waals surface area contributed by atoms with Crippen molar-refractivity contribution in [1.82, 2.24) is 0 Å². The molecule has 0 saturated heterocycles. The minimum Gasteiger partial charge on any atom is -0.322 e. The summed E-state index contributed by atoms with van der Waals surface area (Å²) in [5, 5.41) is 5.03. The van der Waals surface area contributed by atoms with E-state index in [2.05, 4.69) is 23.8 Å². The second kappa shape index (κ2) is 5.21. The molecule has 90 valence electrons. The highest BCUT2D eigenvalue weighted by atomic mass is 35.5. The number of thiophene rings is 1. The molecule has 1 nitrogen and oxygen atoms in total. The van der Waals surface area contributed by atoms with E-state index in [0.717, 1.165) is 23.4 Å². The van der Waals surface area contributed by atoms with Gasteiger partial charge in [-0.15, -0.1) is 0 Å². The highest BCUT2D eigenvalue weighted by Crippen LogP contribution is 2.25. The van der Waals surface area contributed by atoms with E-state index in [-0.39, 0.29) is 5.54 Å². The Balaban J connectivity index is 2.05. The molecule has 0 radical (unpaired) electrons. The van der Waals surface area contributed by atoms with Crippen molar-refractivity contribution in [3.8, 4) is 0 Å². The lowest BCUT2D eigenvalue weighted by Crippen LogP contribution is -2.33. The summed E-state index contributed by atoms with van der Waals surface area (Å²) < 4.78 is 0. The van der Waals surface area contributed by atoms with Crippen molar-refractivity contribution in [2.75, 3.05) is 0 Å². The van der Waals surface area contributed by atoms with Crippen LogP contribution in [0.25, 0.3) is 0 Å². The number of hydrogen-bond acceptors (Lipinski definition) is 2. The molecule has 0 spiro atoms. The first-order valence-electron chi connectivity index (χ1n) is 5.64. The molecule has 0 bridgehead atoms. The van der Waals surface area contributed by atoms with E-state index in [0.29, 0.717) is 0 Å². The van der Waals surface area contributed by atoms with Gasteiger partial charge in [0.2, 0.25) is 0 Å². The summed E-state index contributed by atoms with van der Waals surface area (Å²) >= 11 is 7.61. The third kappa shape index (κ3) is 3.32. The van der Waals surface area contributed by atoms with Crippen LogP contribution in [-0.4, -0.2) is 0 Å². The monoisotopic (exact) mass is 265 g/mol. The maximum atomic E-state index is 6.37. The number of rotatable bonds is 4. The third-order valence-corrected chi connectivity index (χ3v) is 4.00. The summed E-state index contributed by atoms with van der Waals surface area (Å²) in [6.45, 7) is 2.07. The number of hydrogen-bond donors (Lipinski definition) is 1. The standard InChI is InChI=1S/C14H16ClNS/c1-14(16,8-6-11-7-9-17-10-11)12-2-4-13(15)5-3-12/h2-5,7,9-10H,6,8,16H2,1H3. The summed E-state index contributed by atoms with van der Waals surface area (Å²) in [5.74, 6) is 0. The Labute approximate surface area is 111 Å². The summed E-state index contributed by atoms with van der Waals surface area (Å²) in [6.07, 6.45) is 1.95. The van der Waals surface area contributed by atoms with Crippen LogP contribution in [0, 0.1) is 0 Å². The molecule has 2 N–H and O–H groups in total. The molecule has 17 heavy (non-hydrogen) atoms. The highest BCUT2D eigenvalue weighted by molar-refractivity contribution is 7.07. The van der Waals surface area contributed by atoms with Crippen LogP contribution in [0.3, 0.4) is 0 Å². The lowest BCUT2D eigenvalue weighted by molar-refractivity contribution is 0.453. The Hall–Kier alpha value is -0.830. The summed E-state index contributed by atoms with van der Waals surface area (Å²) in [7, 11) is 0. The molecule has 0 fully saturated rings. The molecule has 1 aromatic heterocycles. The molecule has 1 aromatic carbocycles. The van der Waals surface area contributed by atoms with Crippen molar-refractivity contribution < 1.29 is 0 Å². The fourth-order valence-electron chi connectivity index (χ4n) is 1.81. The molecule has 0 aliphatic heterocycles. The van der Waals surface area contributed by atoms with Crippen molar-refractivity contribution in [1.29, 1.82) is 0 Å².